The number of rotatable bonds is 12. The van der Waals surface area contributed by atoms with Crippen molar-refractivity contribution < 1.29 is 27.9 Å². The summed E-state index contributed by atoms with van der Waals surface area (Å²) in [5.74, 6) is 1.87. The summed E-state index contributed by atoms with van der Waals surface area (Å²) in [7, 11) is 2.04. The van der Waals surface area contributed by atoms with E-state index in [0.29, 0.717) is 55.0 Å². The van der Waals surface area contributed by atoms with Crippen LogP contribution >= 0.6 is 15.1 Å². The van der Waals surface area contributed by atoms with E-state index in [-0.39, 0.29) is 36.2 Å². The van der Waals surface area contributed by atoms with Gasteiger partial charge in [0.1, 0.15) is 0 Å². The zero-order valence-electron chi connectivity index (χ0n) is 37.3. The van der Waals surface area contributed by atoms with Gasteiger partial charge in [0.15, 0.2) is 0 Å². The van der Waals surface area contributed by atoms with Crippen LogP contribution in [0.25, 0.3) is 0 Å². The van der Waals surface area contributed by atoms with Crippen molar-refractivity contribution in [3.8, 4) is 0 Å². The number of hydrogen-bond donors (Lipinski definition) is 0. The van der Waals surface area contributed by atoms with Crippen molar-refractivity contribution in [1.29, 1.82) is 0 Å². The summed E-state index contributed by atoms with van der Waals surface area (Å²) in [6.07, 6.45) is 1.26. The van der Waals surface area contributed by atoms with Crippen LogP contribution < -0.4 is 0 Å². The molecule has 13 heteroatoms. The molecule has 11 nitrogen and oxygen atoms in total. The van der Waals surface area contributed by atoms with E-state index in [1.807, 2.05) is 65.2 Å². The molecule has 0 bridgehead atoms. The number of ether oxygens (including phenoxy) is 3. The Morgan fingerprint density at radius 1 is 0.538 bits per heavy atom. The summed E-state index contributed by atoms with van der Waals surface area (Å²) >= 11 is 0. The normalized spacial score (nSPS) is 29.6. The largest absolute Gasteiger partial charge is 0.372 e. The van der Waals surface area contributed by atoms with E-state index in [9.17, 15) is 9.13 Å². The maximum atomic E-state index is 13.4. The van der Waals surface area contributed by atoms with Crippen LogP contribution in [0.15, 0.2) is 0 Å². The molecule has 8 atom stereocenters. The highest BCUT2D eigenvalue weighted by Gasteiger charge is 2.44. The monoisotopic (exact) mass is 782 g/mol. The molecule has 52 heavy (non-hydrogen) atoms. The van der Waals surface area contributed by atoms with Gasteiger partial charge in [-0.2, -0.15) is 0 Å². The third-order valence-electron chi connectivity index (χ3n) is 10.3. The van der Waals surface area contributed by atoms with Crippen LogP contribution in [-0.2, 0) is 27.9 Å². The SMILES string of the molecule is CC(C)OP(=O)(N(C)C)N1CC(C(C)C)OC(C(C)C)C1.CC1CN(C(C)C)CC(C(C)C)O1.CC1CN(P(=O)(C(C)C)N(C)C)CC(C(C)C)O1. The highest BCUT2D eigenvalue weighted by Crippen LogP contribution is 2.57. The van der Waals surface area contributed by atoms with E-state index < -0.39 is 15.1 Å². The van der Waals surface area contributed by atoms with Crippen molar-refractivity contribution >= 4 is 15.1 Å². The Labute approximate surface area is 322 Å². The summed E-state index contributed by atoms with van der Waals surface area (Å²) in [4.78, 5) is 2.51. The zero-order valence-corrected chi connectivity index (χ0v) is 39.1. The second-order valence-electron chi connectivity index (χ2n) is 18.0. The molecule has 8 unspecified atom stereocenters. The first-order chi connectivity index (χ1) is 23.8. The van der Waals surface area contributed by atoms with Gasteiger partial charge in [-0.1, -0.05) is 69.2 Å². The maximum Gasteiger partial charge on any atom is 0.345 e. The summed E-state index contributed by atoms with van der Waals surface area (Å²) in [6, 6.07) is 0.646. The van der Waals surface area contributed by atoms with Crippen molar-refractivity contribution in [2.75, 3.05) is 67.5 Å². The third kappa shape index (κ3) is 14.6. The van der Waals surface area contributed by atoms with Crippen LogP contribution in [0, 0.1) is 23.7 Å². The first-order valence-electron chi connectivity index (χ1n) is 20.2. The zero-order chi connectivity index (χ0) is 40.5. The van der Waals surface area contributed by atoms with Crippen molar-refractivity contribution in [2.45, 2.75) is 165 Å². The molecule has 3 heterocycles. The summed E-state index contributed by atoms with van der Waals surface area (Å²) < 4.78 is 58.3. The number of hydrogen-bond acceptors (Lipinski definition) is 7. The van der Waals surface area contributed by atoms with Gasteiger partial charge in [0.05, 0.1) is 42.7 Å². The fourth-order valence-electron chi connectivity index (χ4n) is 6.85. The minimum atomic E-state index is -2.99. The lowest BCUT2D eigenvalue weighted by atomic mass is 10.0. The van der Waals surface area contributed by atoms with Gasteiger partial charge in [0.25, 0.3) is 0 Å². The fraction of sp³-hybridized carbons (Fsp3) is 1.00. The Balaban J connectivity index is 0.000000400. The Kier molecular flexibility index (Phi) is 21.3. The average Bonchev–Trinajstić information content (AvgIpc) is 3.03. The molecule has 3 aliphatic rings. The van der Waals surface area contributed by atoms with E-state index in [1.165, 1.54) is 0 Å². The van der Waals surface area contributed by atoms with Crippen LogP contribution in [0.3, 0.4) is 0 Å². The van der Waals surface area contributed by atoms with Crippen LogP contribution in [0.4, 0.5) is 0 Å². The van der Waals surface area contributed by atoms with Crippen molar-refractivity contribution in [3.63, 3.8) is 0 Å². The molecule has 0 aromatic carbocycles. The topological polar surface area (TPSA) is 87.3 Å². The first kappa shape index (κ1) is 50.1. The molecule has 0 aromatic rings. The van der Waals surface area contributed by atoms with Gasteiger partial charge in [-0.3, -0.25) is 14.0 Å². The van der Waals surface area contributed by atoms with Crippen molar-refractivity contribution in [3.05, 3.63) is 0 Å². The summed E-state index contributed by atoms with van der Waals surface area (Å²) in [5.41, 5.74) is 0.144. The smallest absolute Gasteiger partial charge is 0.345 e. The molecule has 0 spiro atoms. The van der Waals surface area contributed by atoms with Gasteiger partial charge in [0, 0.05) is 51.0 Å². The summed E-state index contributed by atoms with van der Waals surface area (Å²) in [5, 5.41) is 0. The van der Waals surface area contributed by atoms with E-state index in [2.05, 4.69) is 92.7 Å². The molecular formula is C39H85N5O6P2. The van der Waals surface area contributed by atoms with Gasteiger partial charge in [0.2, 0.25) is 7.44 Å². The molecule has 0 aromatic heterocycles. The van der Waals surface area contributed by atoms with E-state index in [4.69, 9.17) is 18.7 Å². The highest BCUT2D eigenvalue weighted by molar-refractivity contribution is 7.59. The van der Waals surface area contributed by atoms with E-state index in [1.54, 1.807) is 4.67 Å². The van der Waals surface area contributed by atoms with Crippen LogP contribution in [0.5, 0.6) is 0 Å². The number of nitrogens with zero attached hydrogens (tertiary/aromatic N) is 5. The van der Waals surface area contributed by atoms with Crippen LogP contribution in [-0.4, -0.2) is 145 Å². The fourth-order valence-corrected chi connectivity index (χ4v) is 11.9. The molecule has 3 aliphatic heterocycles. The van der Waals surface area contributed by atoms with E-state index in [0.717, 1.165) is 26.2 Å². The Bertz CT molecular complexity index is 1060. The Hall–Kier alpha value is 0.1000. The highest BCUT2D eigenvalue weighted by atomic mass is 31.2. The third-order valence-corrected chi connectivity index (χ3v) is 16.7. The Morgan fingerprint density at radius 2 is 0.923 bits per heavy atom. The molecule has 0 aliphatic carbocycles. The van der Waals surface area contributed by atoms with Gasteiger partial charge < -0.3 is 18.7 Å². The lowest BCUT2D eigenvalue weighted by molar-refractivity contribution is -0.105. The van der Waals surface area contributed by atoms with Gasteiger partial charge in [-0.15, -0.1) is 0 Å². The van der Waals surface area contributed by atoms with Crippen molar-refractivity contribution in [2.24, 2.45) is 23.7 Å². The quantitative estimate of drug-likeness (QED) is 0.179. The molecule has 312 valence electrons. The average molecular weight is 782 g/mol. The lowest BCUT2D eigenvalue weighted by Crippen LogP contribution is -2.51. The second-order valence-corrected chi connectivity index (χ2v) is 24.1. The van der Waals surface area contributed by atoms with Crippen LogP contribution in [0.2, 0.25) is 0 Å². The first-order valence-corrected chi connectivity index (χ1v) is 23.4. The molecule has 0 saturated carbocycles. The molecule has 3 rings (SSSR count). The van der Waals surface area contributed by atoms with Crippen molar-refractivity contribution in [1.82, 2.24) is 23.6 Å². The molecule has 3 fully saturated rings. The second kappa shape index (κ2) is 22.1. The molecule has 3 saturated heterocycles. The van der Waals surface area contributed by atoms with Crippen LogP contribution in [0.1, 0.15) is 111 Å². The Morgan fingerprint density at radius 3 is 1.27 bits per heavy atom. The molecular weight excluding hydrogens is 696 g/mol. The minimum absolute atomic E-state index is 0.0731. The predicted octanol–water partition coefficient (Wildman–Crippen LogP) is 8.50. The minimum Gasteiger partial charge on any atom is -0.372 e. The maximum absolute atomic E-state index is 13.4. The summed E-state index contributed by atoms with van der Waals surface area (Å²) in [6.45, 7) is 39.1. The lowest BCUT2D eigenvalue weighted by Gasteiger charge is -2.45. The van der Waals surface area contributed by atoms with Gasteiger partial charge in [-0.05, 0) is 93.4 Å². The van der Waals surface area contributed by atoms with E-state index >= 15 is 0 Å². The molecule has 0 N–H and O–H groups in total. The molecule has 0 radical (unpaired) electrons. The number of morpholine rings is 3. The molecule has 0 amide bonds. The van der Waals surface area contributed by atoms with Gasteiger partial charge in [-0.25, -0.2) is 18.7 Å². The van der Waals surface area contributed by atoms with Gasteiger partial charge >= 0.3 is 7.67 Å². The standard InChI is InChI=1S/C15H33N2O3P.C13H29N2O2P.C11H23NO/c1-11(2)14-9-17(10-15(19-14)12(3)4)21(18,16(7)8)20-13(5)6;1-10(2)13-9-15(8-12(5)17-13)18(16,11(3)4)14(6)7;1-8(2)11-7-12(9(3)4)6-10(5)13-11/h11-15H,9-10H2,1-8H3;10-13H,8-9H2,1-7H3;8-11H,6-7H2,1-5H3. The predicted molar refractivity (Wildman–Crippen MR) is 220 cm³/mol.